The molecule has 0 aromatic heterocycles. The first-order chi connectivity index (χ1) is 23.6. The van der Waals surface area contributed by atoms with Crippen LogP contribution in [0.2, 0.25) is 0 Å². The maximum atomic E-state index is 15.3. The molecule has 50 heavy (non-hydrogen) atoms. The molecular formula is C34H29Cl2F5N2O7. The fourth-order valence-electron chi connectivity index (χ4n) is 8.77. The number of likely N-dealkylation sites (tertiary alicyclic amines) is 1. The number of methoxy groups -OCH3 is 2. The largest absolute Gasteiger partial charge is 0.507 e. The number of anilines is 1. The van der Waals surface area contributed by atoms with Gasteiger partial charge in [0, 0.05) is 29.7 Å². The molecule has 2 aromatic carbocycles. The summed E-state index contributed by atoms with van der Waals surface area (Å²) in [6.45, 7) is 0. The number of hydrogen-bond donors (Lipinski definition) is 1. The number of alkyl halides is 2. The first-order valence-corrected chi connectivity index (χ1v) is 16.7. The number of phenolic OH excluding ortho intramolecular Hbond substituents is 1. The van der Waals surface area contributed by atoms with Crippen molar-refractivity contribution in [2.24, 2.45) is 17.8 Å². The summed E-state index contributed by atoms with van der Waals surface area (Å²) in [6.07, 6.45) is 4.70. The summed E-state index contributed by atoms with van der Waals surface area (Å²) >= 11 is 14.3. The molecular weight excluding hydrogens is 714 g/mol. The average molecular weight is 744 g/mol. The van der Waals surface area contributed by atoms with Crippen molar-refractivity contribution in [3.05, 3.63) is 58.4 Å². The number of amides is 4. The van der Waals surface area contributed by atoms with Crippen molar-refractivity contribution < 1.29 is 55.7 Å². The molecule has 2 saturated heterocycles. The zero-order valence-corrected chi connectivity index (χ0v) is 28.0. The molecule has 9 nitrogen and oxygen atoms in total. The van der Waals surface area contributed by atoms with Crippen LogP contribution in [-0.4, -0.2) is 63.6 Å². The number of halogens is 7. The minimum absolute atomic E-state index is 0.00816. The van der Waals surface area contributed by atoms with E-state index in [2.05, 4.69) is 0 Å². The van der Waals surface area contributed by atoms with Crippen LogP contribution in [0.5, 0.6) is 17.2 Å². The highest BCUT2D eigenvalue weighted by molar-refractivity contribution is 6.58. The molecule has 4 fully saturated rings. The Hall–Kier alpha value is -3.91. The Kier molecular flexibility index (Phi) is 8.17. The third-order valence-electron chi connectivity index (χ3n) is 11.0. The van der Waals surface area contributed by atoms with Gasteiger partial charge in [-0.15, -0.1) is 23.2 Å². The van der Waals surface area contributed by atoms with E-state index in [0.717, 1.165) is 25.3 Å². The second-order valence-corrected chi connectivity index (χ2v) is 14.5. The normalized spacial score (nSPS) is 31.1. The predicted octanol–water partition coefficient (Wildman–Crippen LogP) is 6.00. The van der Waals surface area contributed by atoms with Crippen molar-refractivity contribution in [2.75, 3.05) is 19.1 Å². The summed E-state index contributed by atoms with van der Waals surface area (Å²) < 4.78 is 84.3. The number of carbonyl (C=O) groups is 4. The first kappa shape index (κ1) is 34.5. The lowest BCUT2D eigenvalue weighted by Crippen LogP contribution is -2.60. The highest BCUT2D eigenvalue weighted by Gasteiger charge is 2.77. The van der Waals surface area contributed by atoms with E-state index >= 15 is 8.78 Å². The third kappa shape index (κ3) is 4.36. The van der Waals surface area contributed by atoms with Crippen molar-refractivity contribution in [3.8, 4) is 17.2 Å². The number of nitrogens with zero attached hydrogens (tertiary/aromatic N) is 2. The molecule has 0 unspecified atom stereocenters. The Balaban J connectivity index is 1.46. The monoisotopic (exact) mass is 742 g/mol. The Morgan fingerprint density at radius 1 is 0.820 bits per heavy atom. The summed E-state index contributed by atoms with van der Waals surface area (Å²) in [7, 11) is 2.51. The number of aromatic hydroxyl groups is 1. The number of rotatable bonds is 5. The number of ether oxygens (including phenoxy) is 2. The second kappa shape index (κ2) is 11.8. The van der Waals surface area contributed by atoms with Crippen LogP contribution in [0, 0.1) is 46.8 Å². The summed E-state index contributed by atoms with van der Waals surface area (Å²) in [5.41, 5.74) is -1.92. The van der Waals surface area contributed by atoms with Gasteiger partial charge >= 0.3 is 0 Å². The molecule has 4 amide bonds. The van der Waals surface area contributed by atoms with E-state index in [4.69, 9.17) is 32.7 Å². The third-order valence-corrected chi connectivity index (χ3v) is 12.4. The molecule has 2 aromatic rings. The maximum Gasteiger partial charge on any atom is 0.258 e. The minimum Gasteiger partial charge on any atom is -0.507 e. The Morgan fingerprint density at radius 2 is 1.44 bits per heavy atom. The Bertz CT molecular complexity index is 1890. The molecule has 266 valence electrons. The molecule has 6 atom stereocenters. The number of hydrogen-bond acceptors (Lipinski definition) is 7. The van der Waals surface area contributed by atoms with Gasteiger partial charge in [-0.1, -0.05) is 30.9 Å². The van der Waals surface area contributed by atoms with Crippen LogP contribution >= 0.6 is 23.2 Å². The van der Waals surface area contributed by atoms with Crippen LogP contribution in [0.1, 0.15) is 56.4 Å². The van der Waals surface area contributed by atoms with E-state index in [0.29, 0.717) is 12.8 Å². The molecule has 0 radical (unpaired) electrons. The fraction of sp³-hybridized carbons (Fsp3) is 0.471. The van der Waals surface area contributed by atoms with Gasteiger partial charge in [-0.25, -0.2) is 26.9 Å². The summed E-state index contributed by atoms with van der Waals surface area (Å²) in [4.78, 5) is 52.4. The zero-order chi connectivity index (χ0) is 36.2. The lowest BCUT2D eigenvalue weighted by molar-refractivity contribution is -0.143. The molecule has 2 heterocycles. The first-order valence-electron chi connectivity index (χ1n) is 16.0. The fourth-order valence-corrected chi connectivity index (χ4v) is 9.69. The van der Waals surface area contributed by atoms with Crippen LogP contribution in [-0.2, 0) is 19.2 Å². The highest BCUT2D eigenvalue weighted by atomic mass is 35.5. The van der Waals surface area contributed by atoms with Gasteiger partial charge in [-0.2, -0.15) is 0 Å². The van der Waals surface area contributed by atoms with E-state index in [1.807, 2.05) is 0 Å². The molecule has 2 saturated carbocycles. The lowest BCUT2D eigenvalue weighted by Gasteiger charge is -2.51. The minimum atomic E-state index is -2.81. The van der Waals surface area contributed by atoms with Crippen LogP contribution in [0.15, 0.2) is 23.8 Å². The van der Waals surface area contributed by atoms with E-state index < -0.39 is 104 Å². The smallest absolute Gasteiger partial charge is 0.258 e. The molecule has 2 aliphatic heterocycles. The lowest BCUT2D eigenvalue weighted by atomic mass is 9.56. The Morgan fingerprint density at radius 3 is 2.04 bits per heavy atom. The average Bonchev–Trinajstić information content (AvgIpc) is 3.45. The zero-order valence-electron chi connectivity index (χ0n) is 26.5. The van der Waals surface area contributed by atoms with Crippen molar-refractivity contribution in [1.82, 2.24) is 4.90 Å². The van der Waals surface area contributed by atoms with E-state index in [1.165, 1.54) is 25.2 Å². The standard InChI is InChI=1S/C34H29Cl2F5N2O7/c1-49-14-10-18(44)21(19(11-14)50-2)22-15-8-9-16-20(30(46)42(29(16)45)13-6-4-3-5-7-13)17(15)12-33(35)31(47)43(32(48)34(22,33)36)28-26(40)24(38)23(37)25(39)27(28)41/h8,10-11,13,16-17,20,22,44H,3-7,9,12H2,1-2H3/t16-,17+,20-,22+,33+,34-/m0/s1. The quantitative estimate of drug-likeness (QED) is 0.0999. The van der Waals surface area contributed by atoms with Gasteiger partial charge in [0.05, 0.1) is 26.1 Å². The van der Waals surface area contributed by atoms with E-state index in [1.54, 1.807) is 6.08 Å². The van der Waals surface area contributed by atoms with Crippen LogP contribution < -0.4 is 14.4 Å². The molecule has 0 spiro atoms. The summed E-state index contributed by atoms with van der Waals surface area (Å²) in [5, 5.41) is 11.4. The molecule has 5 aliphatic rings. The highest BCUT2D eigenvalue weighted by Crippen LogP contribution is 2.67. The number of carbonyl (C=O) groups excluding carboxylic acids is 4. The molecule has 3 aliphatic carbocycles. The Labute approximate surface area is 291 Å². The maximum absolute atomic E-state index is 15.3. The number of allylic oxidation sites excluding steroid dienone is 2. The van der Waals surface area contributed by atoms with Gasteiger partial charge in [0.1, 0.15) is 22.9 Å². The molecule has 7 rings (SSSR count). The number of fused-ring (bicyclic) bond motifs is 4. The summed E-state index contributed by atoms with van der Waals surface area (Å²) in [6, 6.07) is 2.11. The van der Waals surface area contributed by atoms with Gasteiger partial charge in [-0.05, 0) is 31.6 Å². The molecule has 1 N–H and O–H groups in total. The number of phenols is 1. The van der Waals surface area contributed by atoms with Crippen molar-refractivity contribution in [1.29, 1.82) is 0 Å². The van der Waals surface area contributed by atoms with Crippen LogP contribution in [0.3, 0.4) is 0 Å². The molecule has 16 heteroatoms. The SMILES string of the molecule is COc1cc(O)c([C@H]2C3=CC[C@@H]4C(=O)N(C5CCCCC5)C(=O)[C@@H]4[C@@H]3C[C@@]3(Cl)C(=O)N(c4c(F)c(F)c(F)c(F)c4F)C(=O)[C@@]23Cl)c(OC)c1. The van der Waals surface area contributed by atoms with Crippen LogP contribution in [0.4, 0.5) is 27.6 Å². The van der Waals surface area contributed by atoms with Crippen molar-refractivity contribution in [2.45, 2.75) is 66.7 Å². The van der Waals surface area contributed by atoms with E-state index in [9.17, 15) is 37.5 Å². The summed E-state index contributed by atoms with van der Waals surface area (Å²) in [5.74, 6) is -22.0. The van der Waals surface area contributed by atoms with Gasteiger partial charge in [0.2, 0.25) is 17.6 Å². The van der Waals surface area contributed by atoms with Gasteiger partial charge in [0.25, 0.3) is 11.8 Å². The van der Waals surface area contributed by atoms with Gasteiger partial charge < -0.3 is 14.6 Å². The number of benzene rings is 2. The topological polar surface area (TPSA) is 113 Å². The number of imide groups is 2. The van der Waals surface area contributed by atoms with Crippen molar-refractivity contribution >= 4 is 52.5 Å². The van der Waals surface area contributed by atoms with Crippen LogP contribution in [0.25, 0.3) is 0 Å². The molecule has 0 bridgehead atoms. The second-order valence-electron chi connectivity index (χ2n) is 13.3. The van der Waals surface area contributed by atoms with Gasteiger partial charge in [-0.3, -0.25) is 24.1 Å². The van der Waals surface area contributed by atoms with E-state index in [-0.39, 0.29) is 40.0 Å². The van der Waals surface area contributed by atoms with Gasteiger partial charge in [0.15, 0.2) is 33.0 Å². The predicted molar refractivity (Wildman–Crippen MR) is 166 cm³/mol. The van der Waals surface area contributed by atoms with Crippen molar-refractivity contribution in [3.63, 3.8) is 0 Å².